The average Bonchev–Trinajstić information content (AvgIpc) is 2.69. The van der Waals surface area contributed by atoms with Crippen molar-refractivity contribution < 1.29 is 17.9 Å². The van der Waals surface area contributed by atoms with Crippen LogP contribution in [0.4, 0.5) is 5.69 Å². The van der Waals surface area contributed by atoms with Crippen molar-refractivity contribution in [3.63, 3.8) is 0 Å². The van der Waals surface area contributed by atoms with Crippen LogP contribution in [0.5, 0.6) is 5.75 Å². The van der Waals surface area contributed by atoms with E-state index in [1.807, 2.05) is 12.1 Å². The number of anilines is 1. The maximum atomic E-state index is 12.2. The van der Waals surface area contributed by atoms with Crippen LogP contribution in [0.2, 0.25) is 10.0 Å². The molecule has 0 spiro atoms. The van der Waals surface area contributed by atoms with Gasteiger partial charge < -0.3 is 4.74 Å². The molecule has 0 fully saturated rings. The molecule has 7 nitrogen and oxygen atoms in total. The number of rotatable bonds is 10. The molecule has 0 aliphatic heterocycles. The standard InChI is InChI=1S/C20H23Cl2N3O4S/c1-3-4-11-29-17-8-5-15(6-9-17)13-23-24-20(26)14-25(30(2,27)28)16-7-10-18(21)19(22)12-16/h5-10,12-13H,3-4,11,14H2,1-2H3,(H,24,26). The molecule has 0 unspecified atom stereocenters. The summed E-state index contributed by atoms with van der Waals surface area (Å²) in [4.78, 5) is 12.2. The highest BCUT2D eigenvalue weighted by Gasteiger charge is 2.21. The van der Waals surface area contributed by atoms with Gasteiger partial charge in [-0.2, -0.15) is 5.10 Å². The summed E-state index contributed by atoms with van der Waals surface area (Å²) < 4.78 is 30.7. The predicted octanol–water partition coefficient (Wildman–Crippen LogP) is 4.09. The molecule has 2 aromatic rings. The molecule has 0 saturated heterocycles. The van der Waals surface area contributed by atoms with E-state index in [2.05, 4.69) is 17.5 Å². The maximum absolute atomic E-state index is 12.2. The maximum Gasteiger partial charge on any atom is 0.260 e. The van der Waals surface area contributed by atoms with Crippen LogP contribution in [-0.4, -0.2) is 39.9 Å². The Morgan fingerprint density at radius 2 is 1.87 bits per heavy atom. The van der Waals surface area contributed by atoms with E-state index in [1.165, 1.54) is 24.4 Å². The van der Waals surface area contributed by atoms with Crippen molar-refractivity contribution in [3.05, 3.63) is 58.1 Å². The van der Waals surface area contributed by atoms with E-state index in [4.69, 9.17) is 27.9 Å². The summed E-state index contributed by atoms with van der Waals surface area (Å²) in [6.07, 6.45) is 4.50. The largest absolute Gasteiger partial charge is 0.494 e. The van der Waals surface area contributed by atoms with Gasteiger partial charge in [-0.3, -0.25) is 9.10 Å². The fraction of sp³-hybridized carbons (Fsp3) is 0.300. The molecule has 0 heterocycles. The molecule has 0 aliphatic carbocycles. The molecule has 2 rings (SSSR count). The van der Waals surface area contributed by atoms with E-state index < -0.39 is 22.5 Å². The van der Waals surface area contributed by atoms with Gasteiger partial charge in [-0.1, -0.05) is 36.5 Å². The Morgan fingerprint density at radius 1 is 1.17 bits per heavy atom. The first-order valence-electron chi connectivity index (χ1n) is 9.18. The normalized spacial score (nSPS) is 11.5. The molecular formula is C20H23Cl2N3O4S. The second-order valence-corrected chi connectivity index (χ2v) is 9.15. The number of nitrogens with zero attached hydrogens (tertiary/aromatic N) is 2. The lowest BCUT2D eigenvalue weighted by atomic mass is 10.2. The fourth-order valence-electron chi connectivity index (χ4n) is 2.37. The molecule has 0 saturated carbocycles. The molecule has 0 aromatic heterocycles. The zero-order valence-electron chi connectivity index (χ0n) is 16.6. The second kappa shape index (κ2) is 11.2. The van der Waals surface area contributed by atoms with Crippen LogP contribution in [0.1, 0.15) is 25.3 Å². The lowest BCUT2D eigenvalue weighted by Gasteiger charge is -2.21. The molecule has 0 bridgehead atoms. The molecule has 0 radical (unpaired) electrons. The Morgan fingerprint density at radius 3 is 2.47 bits per heavy atom. The number of ether oxygens (including phenoxy) is 1. The molecule has 0 aliphatic rings. The summed E-state index contributed by atoms with van der Waals surface area (Å²) in [5.74, 6) is 0.150. The summed E-state index contributed by atoms with van der Waals surface area (Å²) in [5.41, 5.74) is 3.30. The van der Waals surface area contributed by atoms with E-state index in [0.717, 1.165) is 34.7 Å². The molecular weight excluding hydrogens is 449 g/mol. The van der Waals surface area contributed by atoms with E-state index in [-0.39, 0.29) is 15.7 Å². The second-order valence-electron chi connectivity index (χ2n) is 6.43. The van der Waals surface area contributed by atoms with Gasteiger partial charge in [-0.15, -0.1) is 0 Å². The highest BCUT2D eigenvalue weighted by Crippen LogP contribution is 2.28. The van der Waals surface area contributed by atoms with Crippen LogP contribution in [0.25, 0.3) is 0 Å². The number of halogens is 2. The monoisotopic (exact) mass is 471 g/mol. The highest BCUT2D eigenvalue weighted by atomic mass is 35.5. The molecule has 10 heteroatoms. The van der Waals surface area contributed by atoms with Gasteiger partial charge in [0.25, 0.3) is 5.91 Å². The van der Waals surface area contributed by atoms with Gasteiger partial charge in [0.1, 0.15) is 12.3 Å². The van der Waals surface area contributed by atoms with E-state index in [9.17, 15) is 13.2 Å². The Balaban J connectivity index is 1.98. The minimum absolute atomic E-state index is 0.184. The lowest BCUT2D eigenvalue weighted by molar-refractivity contribution is -0.119. The topological polar surface area (TPSA) is 88.1 Å². The Bertz CT molecular complexity index is 996. The van der Waals surface area contributed by atoms with Crippen LogP contribution in [0, 0.1) is 0 Å². The third kappa shape index (κ3) is 7.51. The van der Waals surface area contributed by atoms with Gasteiger partial charge in [0.05, 0.1) is 34.8 Å². The minimum Gasteiger partial charge on any atom is -0.494 e. The van der Waals surface area contributed by atoms with Gasteiger partial charge in [0.2, 0.25) is 10.0 Å². The number of sulfonamides is 1. The van der Waals surface area contributed by atoms with Crippen LogP contribution in [0.15, 0.2) is 47.6 Å². The minimum atomic E-state index is -3.73. The molecule has 2 aromatic carbocycles. The van der Waals surface area contributed by atoms with E-state index in [0.29, 0.717) is 6.61 Å². The van der Waals surface area contributed by atoms with Gasteiger partial charge in [0.15, 0.2) is 0 Å². The van der Waals surface area contributed by atoms with Gasteiger partial charge >= 0.3 is 0 Å². The first-order valence-corrected chi connectivity index (χ1v) is 11.8. The van der Waals surface area contributed by atoms with Crippen LogP contribution >= 0.6 is 23.2 Å². The van der Waals surface area contributed by atoms with Crippen LogP contribution < -0.4 is 14.5 Å². The van der Waals surface area contributed by atoms with Crippen molar-refractivity contribution in [2.75, 3.05) is 23.7 Å². The number of carbonyl (C=O) groups is 1. The number of amides is 1. The molecule has 1 N–H and O–H groups in total. The molecule has 30 heavy (non-hydrogen) atoms. The third-order valence-corrected chi connectivity index (χ3v) is 5.81. The number of nitrogens with one attached hydrogen (secondary N) is 1. The van der Waals surface area contributed by atoms with Crippen molar-refractivity contribution in [2.24, 2.45) is 5.10 Å². The number of carbonyl (C=O) groups excluding carboxylic acids is 1. The van der Waals surface area contributed by atoms with Crippen molar-refractivity contribution in [3.8, 4) is 5.75 Å². The number of benzene rings is 2. The molecule has 1 amide bonds. The number of unbranched alkanes of at least 4 members (excludes halogenated alkanes) is 1. The summed E-state index contributed by atoms with van der Waals surface area (Å²) in [7, 11) is -3.73. The smallest absolute Gasteiger partial charge is 0.260 e. The highest BCUT2D eigenvalue weighted by molar-refractivity contribution is 7.92. The first-order chi connectivity index (χ1) is 14.2. The summed E-state index contributed by atoms with van der Waals surface area (Å²) in [5, 5.41) is 4.34. The Labute approximate surface area is 186 Å². The number of hydrazone groups is 1. The number of hydrogen-bond acceptors (Lipinski definition) is 5. The van der Waals surface area contributed by atoms with Crippen molar-refractivity contribution in [2.45, 2.75) is 19.8 Å². The summed E-state index contributed by atoms with van der Waals surface area (Å²) in [6.45, 7) is 2.30. The van der Waals surface area contributed by atoms with Crippen molar-refractivity contribution in [1.82, 2.24) is 5.43 Å². The van der Waals surface area contributed by atoms with E-state index in [1.54, 1.807) is 12.1 Å². The summed E-state index contributed by atoms with van der Waals surface area (Å²) in [6, 6.07) is 11.5. The average molecular weight is 472 g/mol. The fourth-order valence-corrected chi connectivity index (χ4v) is 3.51. The predicted molar refractivity (Wildman–Crippen MR) is 121 cm³/mol. The van der Waals surface area contributed by atoms with E-state index >= 15 is 0 Å². The van der Waals surface area contributed by atoms with Gasteiger partial charge in [0, 0.05) is 0 Å². The lowest BCUT2D eigenvalue weighted by Crippen LogP contribution is -2.39. The first kappa shape index (κ1) is 24.0. The summed E-state index contributed by atoms with van der Waals surface area (Å²) >= 11 is 11.8. The zero-order chi connectivity index (χ0) is 22.1. The Kier molecular flexibility index (Phi) is 8.95. The van der Waals surface area contributed by atoms with Gasteiger partial charge in [-0.25, -0.2) is 13.8 Å². The number of hydrogen-bond donors (Lipinski definition) is 1. The van der Waals surface area contributed by atoms with Crippen LogP contribution in [-0.2, 0) is 14.8 Å². The van der Waals surface area contributed by atoms with Crippen LogP contribution in [0.3, 0.4) is 0 Å². The van der Waals surface area contributed by atoms with Crippen molar-refractivity contribution in [1.29, 1.82) is 0 Å². The molecule has 162 valence electrons. The molecule has 0 atom stereocenters. The third-order valence-electron chi connectivity index (χ3n) is 3.93. The zero-order valence-corrected chi connectivity index (χ0v) is 19.0. The van der Waals surface area contributed by atoms with Crippen molar-refractivity contribution >= 4 is 51.0 Å². The SMILES string of the molecule is CCCCOc1ccc(C=NNC(=O)CN(c2ccc(Cl)c(Cl)c2)S(C)(=O)=O)cc1. The van der Waals surface area contributed by atoms with Gasteiger partial charge in [-0.05, 0) is 54.4 Å². The quantitative estimate of drug-likeness (QED) is 0.321. The Hall–Kier alpha value is -2.29.